The molecule has 30 heavy (non-hydrogen) atoms. The lowest BCUT2D eigenvalue weighted by atomic mass is 10.1. The van der Waals surface area contributed by atoms with E-state index in [-0.39, 0.29) is 6.03 Å². The Morgan fingerprint density at radius 2 is 1.83 bits per heavy atom. The first kappa shape index (κ1) is 19.1. The average Bonchev–Trinajstić information content (AvgIpc) is 3.31. The SMILES string of the molecule is CCc1ccccc1NC(=O)Nc1ccc(Oc2ccc(-n3ccnc3)nn2)cc1. The van der Waals surface area contributed by atoms with Crippen molar-refractivity contribution in [2.45, 2.75) is 13.3 Å². The summed E-state index contributed by atoms with van der Waals surface area (Å²) in [7, 11) is 0. The maximum atomic E-state index is 12.3. The van der Waals surface area contributed by atoms with Gasteiger partial charge in [0.05, 0.1) is 0 Å². The molecule has 0 aliphatic heterocycles. The van der Waals surface area contributed by atoms with Crippen LogP contribution in [0.15, 0.2) is 79.4 Å². The number of hydrogen-bond donors (Lipinski definition) is 2. The molecule has 0 radical (unpaired) electrons. The molecule has 2 aromatic heterocycles. The summed E-state index contributed by atoms with van der Waals surface area (Å²) in [4.78, 5) is 16.3. The van der Waals surface area contributed by atoms with Crippen molar-refractivity contribution in [2.75, 3.05) is 10.6 Å². The third-order valence-corrected chi connectivity index (χ3v) is 4.38. The van der Waals surface area contributed by atoms with Gasteiger partial charge < -0.3 is 15.4 Å². The minimum Gasteiger partial charge on any atom is -0.438 e. The highest BCUT2D eigenvalue weighted by molar-refractivity contribution is 6.00. The van der Waals surface area contributed by atoms with Gasteiger partial charge in [-0.2, -0.15) is 0 Å². The van der Waals surface area contributed by atoms with E-state index in [1.54, 1.807) is 59.7 Å². The predicted molar refractivity (Wildman–Crippen MR) is 114 cm³/mol. The van der Waals surface area contributed by atoms with Crippen molar-refractivity contribution in [3.05, 3.63) is 84.9 Å². The third-order valence-electron chi connectivity index (χ3n) is 4.38. The zero-order chi connectivity index (χ0) is 20.8. The van der Waals surface area contributed by atoms with Gasteiger partial charge in [-0.1, -0.05) is 25.1 Å². The lowest BCUT2D eigenvalue weighted by Gasteiger charge is -2.11. The van der Waals surface area contributed by atoms with E-state index in [4.69, 9.17) is 4.74 Å². The normalized spacial score (nSPS) is 10.4. The maximum absolute atomic E-state index is 12.3. The van der Waals surface area contributed by atoms with Gasteiger partial charge in [0.15, 0.2) is 5.82 Å². The van der Waals surface area contributed by atoms with Crippen molar-refractivity contribution >= 4 is 17.4 Å². The number of para-hydroxylation sites is 1. The Morgan fingerprint density at radius 3 is 2.53 bits per heavy atom. The number of ether oxygens (including phenoxy) is 1. The number of nitrogens with one attached hydrogen (secondary N) is 2. The van der Waals surface area contributed by atoms with E-state index >= 15 is 0 Å². The van der Waals surface area contributed by atoms with Crippen molar-refractivity contribution in [3.63, 3.8) is 0 Å². The topological polar surface area (TPSA) is 94.0 Å². The van der Waals surface area contributed by atoms with Crippen molar-refractivity contribution in [1.82, 2.24) is 19.7 Å². The Hall–Kier alpha value is -4.20. The van der Waals surface area contributed by atoms with Gasteiger partial charge in [0.1, 0.15) is 12.1 Å². The number of carbonyl (C=O) groups is 1. The summed E-state index contributed by atoms with van der Waals surface area (Å²) in [5, 5.41) is 13.9. The van der Waals surface area contributed by atoms with Crippen LogP contribution in [0.4, 0.5) is 16.2 Å². The van der Waals surface area contributed by atoms with Gasteiger partial charge in [0.25, 0.3) is 0 Å². The van der Waals surface area contributed by atoms with E-state index in [1.807, 2.05) is 31.2 Å². The molecular formula is C22H20N6O2. The molecule has 2 aromatic carbocycles. The summed E-state index contributed by atoms with van der Waals surface area (Å²) in [6, 6.07) is 18.0. The number of hydrogen-bond acceptors (Lipinski definition) is 5. The molecule has 0 atom stereocenters. The van der Waals surface area contributed by atoms with E-state index in [1.165, 1.54) is 0 Å². The maximum Gasteiger partial charge on any atom is 0.323 e. The first-order chi connectivity index (χ1) is 14.7. The Morgan fingerprint density at radius 1 is 1.00 bits per heavy atom. The highest BCUT2D eigenvalue weighted by Crippen LogP contribution is 2.22. The van der Waals surface area contributed by atoms with Gasteiger partial charge in [-0.05, 0) is 48.4 Å². The average molecular weight is 400 g/mol. The number of aryl methyl sites for hydroxylation is 1. The van der Waals surface area contributed by atoms with Gasteiger partial charge in [-0.25, -0.2) is 9.78 Å². The minimum absolute atomic E-state index is 0.300. The van der Waals surface area contributed by atoms with Gasteiger partial charge in [0.2, 0.25) is 5.88 Å². The van der Waals surface area contributed by atoms with E-state index in [2.05, 4.69) is 25.8 Å². The molecule has 0 aliphatic carbocycles. The van der Waals surface area contributed by atoms with Crippen molar-refractivity contribution in [1.29, 1.82) is 0 Å². The largest absolute Gasteiger partial charge is 0.438 e. The molecule has 0 spiro atoms. The van der Waals surface area contributed by atoms with E-state index in [9.17, 15) is 4.79 Å². The van der Waals surface area contributed by atoms with E-state index in [0.717, 1.165) is 17.7 Å². The van der Waals surface area contributed by atoms with Crippen LogP contribution in [0.5, 0.6) is 11.6 Å². The molecule has 2 N–H and O–H groups in total. The number of nitrogens with zero attached hydrogens (tertiary/aromatic N) is 4. The third kappa shape index (κ3) is 4.61. The number of carbonyl (C=O) groups excluding carboxylic acids is 1. The Bertz CT molecular complexity index is 1110. The van der Waals surface area contributed by atoms with Crippen LogP contribution in [0.25, 0.3) is 5.82 Å². The molecule has 8 heteroatoms. The summed E-state index contributed by atoms with van der Waals surface area (Å²) in [5.41, 5.74) is 2.53. The number of imidazole rings is 1. The fourth-order valence-corrected chi connectivity index (χ4v) is 2.86. The zero-order valence-electron chi connectivity index (χ0n) is 16.3. The number of benzene rings is 2. The lowest BCUT2D eigenvalue weighted by molar-refractivity contribution is 0.262. The van der Waals surface area contributed by atoms with Crippen LogP contribution in [0.1, 0.15) is 12.5 Å². The molecule has 0 fully saturated rings. The monoisotopic (exact) mass is 400 g/mol. The van der Waals surface area contributed by atoms with Crippen molar-refractivity contribution in [2.24, 2.45) is 0 Å². The molecule has 0 unspecified atom stereocenters. The van der Waals surface area contributed by atoms with E-state index < -0.39 is 0 Å². The second kappa shape index (κ2) is 8.87. The summed E-state index contributed by atoms with van der Waals surface area (Å²) < 4.78 is 7.46. The first-order valence-electron chi connectivity index (χ1n) is 9.47. The fraction of sp³-hybridized carbons (Fsp3) is 0.0909. The van der Waals surface area contributed by atoms with Crippen LogP contribution in [0, 0.1) is 0 Å². The highest BCUT2D eigenvalue weighted by Gasteiger charge is 2.07. The van der Waals surface area contributed by atoms with Gasteiger partial charge in [0, 0.05) is 29.8 Å². The minimum atomic E-state index is -0.300. The number of amides is 2. The quantitative estimate of drug-likeness (QED) is 0.491. The Balaban J connectivity index is 1.35. The number of urea groups is 1. The predicted octanol–water partition coefficient (Wildman–Crippen LogP) is 4.66. The summed E-state index contributed by atoms with van der Waals surface area (Å²) in [6.07, 6.45) is 5.94. The molecule has 4 aromatic rings. The molecule has 8 nitrogen and oxygen atoms in total. The van der Waals surface area contributed by atoms with Gasteiger partial charge in [-0.15, -0.1) is 10.2 Å². The number of rotatable bonds is 6. The second-order valence-electron chi connectivity index (χ2n) is 6.42. The Kier molecular flexibility index (Phi) is 5.66. The lowest BCUT2D eigenvalue weighted by Crippen LogP contribution is -2.20. The molecule has 0 bridgehead atoms. The molecule has 0 saturated carbocycles. The first-order valence-corrected chi connectivity index (χ1v) is 9.47. The van der Waals surface area contributed by atoms with Crippen molar-refractivity contribution in [3.8, 4) is 17.4 Å². The standard InChI is InChI=1S/C22H20N6O2/c1-2-16-5-3-4-6-19(16)25-22(29)24-17-7-9-18(10-8-17)30-21-12-11-20(26-27-21)28-14-13-23-15-28/h3-15H,2H2,1H3,(H2,24,25,29). The van der Waals surface area contributed by atoms with Crippen LogP contribution < -0.4 is 15.4 Å². The highest BCUT2D eigenvalue weighted by atomic mass is 16.5. The van der Waals surface area contributed by atoms with Crippen LogP contribution >= 0.6 is 0 Å². The van der Waals surface area contributed by atoms with Crippen LogP contribution in [0.3, 0.4) is 0 Å². The number of aromatic nitrogens is 4. The smallest absolute Gasteiger partial charge is 0.323 e. The molecule has 2 heterocycles. The molecule has 4 rings (SSSR count). The van der Waals surface area contributed by atoms with Gasteiger partial charge >= 0.3 is 6.03 Å². The van der Waals surface area contributed by atoms with Gasteiger partial charge in [-0.3, -0.25) is 4.57 Å². The Labute approximate surface area is 173 Å². The molecule has 2 amide bonds. The molecular weight excluding hydrogens is 380 g/mol. The van der Waals surface area contributed by atoms with E-state index in [0.29, 0.717) is 23.1 Å². The van der Waals surface area contributed by atoms with Crippen molar-refractivity contribution < 1.29 is 9.53 Å². The number of anilines is 2. The summed E-state index contributed by atoms with van der Waals surface area (Å²) in [5.74, 6) is 1.60. The van der Waals surface area contributed by atoms with Crippen LogP contribution in [-0.2, 0) is 6.42 Å². The molecule has 0 saturated heterocycles. The van der Waals surface area contributed by atoms with Crippen LogP contribution in [0.2, 0.25) is 0 Å². The fourth-order valence-electron chi connectivity index (χ4n) is 2.86. The molecule has 150 valence electrons. The summed E-state index contributed by atoms with van der Waals surface area (Å²) in [6.45, 7) is 2.05. The molecule has 0 aliphatic rings. The second-order valence-corrected chi connectivity index (χ2v) is 6.42. The van der Waals surface area contributed by atoms with Crippen LogP contribution in [-0.4, -0.2) is 25.8 Å². The summed E-state index contributed by atoms with van der Waals surface area (Å²) >= 11 is 0. The zero-order valence-corrected chi connectivity index (χ0v) is 16.3.